The van der Waals surface area contributed by atoms with Gasteiger partial charge < -0.3 is 15.7 Å². The van der Waals surface area contributed by atoms with Crippen molar-refractivity contribution in [3.05, 3.63) is 28.1 Å². The van der Waals surface area contributed by atoms with Crippen LogP contribution in [0.4, 0.5) is 5.69 Å². The number of aliphatic hydroxyl groups is 1. The molecule has 4 nitrogen and oxygen atoms in total. The first-order chi connectivity index (χ1) is 9.19. The van der Waals surface area contributed by atoms with E-state index in [0.717, 1.165) is 10.1 Å². The van der Waals surface area contributed by atoms with Crippen molar-refractivity contribution in [2.24, 2.45) is 0 Å². The van der Waals surface area contributed by atoms with Crippen molar-refractivity contribution in [2.45, 2.75) is 19.4 Å². The summed E-state index contributed by atoms with van der Waals surface area (Å²) in [6.07, 6.45) is 0. The zero-order valence-corrected chi connectivity index (χ0v) is 13.2. The molecular weight excluding hydrogens is 296 g/mol. The van der Waals surface area contributed by atoms with Crippen LogP contribution >= 0.6 is 22.9 Å². The molecule has 0 fully saturated rings. The fourth-order valence-corrected chi connectivity index (χ4v) is 3.34. The molecule has 2 rings (SSSR count). The van der Waals surface area contributed by atoms with Crippen molar-refractivity contribution in [3.8, 4) is 0 Å². The number of hydrogen-bond donors (Lipinski definition) is 2. The number of fused-ring (bicyclic) bond motifs is 1. The highest BCUT2D eigenvalue weighted by molar-refractivity contribution is 7.21. The van der Waals surface area contributed by atoms with E-state index in [0.29, 0.717) is 15.6 Å². The SMILES string of the molecule is CN(CC(C)(C)O)C(=O)c1sc2ccc(Cl)cc2c1N. The van der Waals surface area contributed by atoms with E-state index in [2.05, 4.69) is 0 Å². The number of halogens is 1. The Morgan fingerprint density at radius 1 is 1.50 bits per heavy atom. The molecule has 20 heavy (non-hydrogen) atoms. The topological polar surface area (TPSA) is 66.6 Å². The second-order valence-electron chi connectivity index (χ2n) is 5.46. The minimum absolute atomic E-state index is 0.193. The van der Waals surface area contributed by atoms with E-state index in [9.17, 15) is 9.90 Å². The smallest absolute Gasteiger partial charge is 0.265 e. The molecule has 1 aromatic heterocycles. The lowest BCUT2D eigenvalue weighted by atomic mass is 10.1. The predicted octanol–water partition coefficient (Wildman–Crippen LogP) is 2.98. The molecule has 0 aliphatic heterocycles. The normalized spacial score (nSPS) is 11.8. The van der Waals surface area contributed by atoms with Gasteiger partial charge >= 0.3 is 0 Å². The van der Waals surface area contributed by atoms with Gasteiger partial charge in [0.05, 0.1) is 11.3 Å². The van der Waals surface area contributed by atoms with Gasteiger partial charge in [0.15, 0.2) is 0 Å². The molecule has 2 aromatic rings. The molecular formula is C14H17ClN2O2S. The molecule has 0 saturated carbocycles. The Morgan fingerprint density at radius 2 is 2.15 bits per heavy atom. The van der Waals surface area contributed by atoms with Crippen LogP contribution in [-0.4, -0.2) is 35.1 Å². The van der Waals surface area contributed by atoms with Crippen LogP contribution in [0, 0.1) is 0 Å². The molecule has 0 bridgehead atoms. The molecule has 108 valence electrons. The molecule has 1 aromatic carbocycles. The van der Waals surface area contributed by atoms with Crippen molar-refractivity contribution in [2.75, 3.05) is 19.3 Å². The Kier molecular flexibility index (Phi) is 3.95. The molecule has 3 N–H and O–H groups in total. The number of nitrogens with zero attached hydrogens (tertiary/aromatic N) is 1. The van der Waals surface area contributed by atoms with Crippen molar-refractivity contribution in [3.63, 3.8) is 0 Å². The highest BCUT2D eigenvalue weighted by atomic mass is 35.5. The number of nitrogens with two attached hydrogens (primary N) is 1. The van der Waals surface area contributed by atoms with Crippen LogP contribution in [0.15, 0.2) is 18.2 Å². The summed E-state index contributed by atoms with van der Waals surface area (Å²) in [6.45, 7) is 3.55. The summed E-state index contributed by atoms with van der Waals surface area (Å²) >= 11 is 7.29. The van der Waals surface area contributed by atoms with E-state index in [1.54, 1.807) is 33.0 Å². The lowest BCUT2D eigenvalue weighted by Gasteiger charge is -2.25. The summed E-state index contributed by atoms with van der Waals surface area (Å²) in [7, 11) is 1.65. The quantitative estimate of drug-likeness (QED) is 0.915. The third kappa shape index (κ3) is 3.06. The van der Waals surface area contributed by atoms with E-state index in [1.807, 2.05) is 6.07 Å². The number of amides is 1. The maximum absolute atomic E-state index is 12.4. The molecule has 0 saturated heterocycles. The van der Waals surface area contributed by atoms with Gasteiger partial charge in [-0.2, -0.15) is 0 Å². The highest BCUT2D eigenvalue weighted by Crippen LogP contribution is 2.35. The monoisotopic (exact) mass is 312 g/mol. The van der Waals surface area contributed by atoms with Gasteiger partial charge in [-0.25, -0.2) is 0 Å². The fourth-order valence-electron chi connectivity index (χ4n) is 2.07. The number of benzene rings is 1. The van der Waals surface area contributed by atoms with Gasteiger partial charge in [0.25, 0.3) is 5.91 Å². The van der Waals surface area contributed by atoms with Gasteiger partial charge in [0.2, 0.25) is 0 Å². The Labute approximate surface area is 126 Å². The summed E-state index contributed by atoms with van der Waals surface area (Å²) < 4.78 is 0.923. The number of rotatable bonds is 3. The molecule has 0 unspecified atom stereocenters. The second-order valence-corrected chi connectivity index (χ2v) is 6.95. The van der Waals surface area contributed by atoms with Gasteiger partial charge in [0, 0.05) is 28.7 Å². The third-order valence-corrected chi connectivity index (χ3v) is 4.26. The minimum Gasteiger partial charge on any atom is -0.397 e. The van der Waals surface area contributed by atoms with E-state index in [-0.39, 0.29) is 12.5 Å². The number of carbonyl (C=O) groups excluding carboxylic acids is 1. The summed E-state index contributed by atoms with van der Waals surface area (Å²) in [6, 6.07) is 5.38. The highest BCUT2D eigenvalue weighted by Gasteiger charge is 2.24. The predicted molar refractivity (Wildman–Crippen MR) is 84.5 cm³/mol. The number of anilines is 1. The number of hydrogen-bond acceptors (Lipinski definition) is 4. The second kappa shape index (κ2) is 5.24. The number of nitrogen functional groups attached to an aromatic ring is 1. The standard InChI is InChI=1S/C14H17ClN2O2S/c1-14(2,19)7-17(3)13(18)12-11(16)9-6-8(15)4-5-10(9)20-12/h4-6,19H,7,16H2,1-3H3. The molecule has 0 spiro atoms. The van der Waals surface area contributed by atoms with Crippen LogP contribution < -0.4 is 5.73 Å². The number of carbonyl (C=O) groups is 1. The van der Waals surface area contributed by atoms with Crippen molar-refractivity contribution < 1.29 is 9.90 Å². The van der Waals surface area contributed by atoms with Crippen LogP contribution in [0.3, 0.4) is 0 Å². The largest absolute Gasteiger partial charge is 0.397 e. The average Bonchev–Trinajstić information content (AvgIpc) is 2.64. The zero-order valence-electron chi connectivity index (χ0n) is 11.6. The van der Waals surface area contributed by atoms with Crippen LogP contribution in [0.1, 0.15) is 23.5 Å². The van der Waals surface area contributed by atoms with Gasteiger partial charge in [-0.3, -0.25) is 4.79 Å². The minimum atomic E-state index is -0.945. The molecule has 0 aliphatic carbocycles. The first-order valence-electron chi connectivity index (χ1n) is 6.14. The first kappa shape index (κ1) is 15.1. The lowest BCUT2D eigenvalue weighted by molar-refractivity contribution is 0.0371. The molecule has 6 heteroatoms. The van der Waals surface area contributed by atoms with E-state index < -0.39 is 5.60 Å². The zero-order chi connectivity index (χ0) is 15.1. The number of likely N-dealkylation sites (N-methyl/N-ethyl adjacent to an activating group) is 1. The van der Waals surface area contributed by atoms with Crippen molar-refractivity contribution in [1.29, 1.82) is 0 Å². The summed E-state index contributed by atoms with van der Waals surface area (Å²) in [5.41, 5.74) is 5.55. The van der Waals surface area contributed by atoms with E-state index in [1.165, 1.54) is 16.2 Å². The van der Waals surface area contributed by atoms with E-state index in [4.69, 9.17) is 17.3 Å². The van der Waals surface area contributed by atoms with E-state index >= 15 is 0 Å². The van der Waals surface area contributed by atoms with Gasteiger partial charge in [-0.05, 0) is 32.0 Å². The maximum Gasteiger partial charge on any atom is 0.265 e. The Bertz CT molecular complexity index is 661. The molecule has 1 amide bonds. The van der Waals surface area contributed by atoms with Crippen molar-refractivity contribution >= 4 is 44.6 Å². The summed E-state index contributed by atoms with van der Waals surface area (Å²) in [4.78, 5) is 14.4. The maximum atomic E-state index is 12.4. The van der Waals surface area contributed by atoms with Gasteiger partial charge in [-0.1, -0.05) is 11.6 Å². The lowest BCUT2D eigenvalue weighted by Crippen LogP contribution is -2.39. The number of thiophene rings is 1. The average molecular weight is 313 g/mol. The molecule has 0 aliphatic rings. The molecule has 0 atom stereocenters. The fraction of sp³-hybridized carbons (Fsp3) is 0.357. The third-order valence-electron chi connectivity index (χ3n) is 2.85. The molecule has 0 radical (unpaired) electrons. The summed E-state index contributed by atoms with van der Waals surface area (Å²) in [5, 5.41) is 11.2. The summed E-state index contributed by atoms with van der Waals surface area (Å²) in [5.74, 6) is -0.193. The Balaban J connectivity index is 2.38. The van der Waals surface area contributed by atoms with Gasteiger partial charge in [0.1, 0.15) is 4.88 Å². The first-order valence-corrected chi connectivity index (χ1v) is 7.34. The van der Waals surface area contributed by atoms with Gasteiger partial charge in [-0.15, -0.1) is 11.3 Å². The van der Waals surface area contributed by atoms with Crippen LogP contribution in [0.25, 0.3) is 10.1 Å². The van der Waals surface area contributed by atoms with Crippen molar-refractivity contribution in [1.82, 2.24) is 4.90 Å². The van der Waals surface area contributed by atoms with Crippen LogP contribution in [0.2, 0.25) is 5.02 Å². The van der Waals surface area contributed by atoms with Crippen LogP contribution in [-0.2, 0) is 0 Å². The Hall–Kier alpha value is -1.30. The molecule has 1 heterocycles. The van der Waals surface area contributed by atoms with Crippen LogP contribution in [0.5, 0.6) is 0 Å². The Morgan fingerprint density at radius 3 is 2.75 bits per heavy atom.